The van der Waals surface area contributed by atoms with E-state index in [0.29, 0.717) is 0 Å². The van der Waals surface area contributed by atoms with Crippen LogP contribution in [0.2, 0.25) is 0 Å². The summed E-state index contributed by atoms with van der Waals surface area (Å²) in [5.74, 6) is 0. The van der Waals surface area contributed by atoms with Gasteiger partial charge in [0.1, 0.15) is 0 Å². The van der Waals surface area contributed by atoms with Crippen LogP contribution in [0.4, 0.5) is 17.1 Å². The Morgan fingerprint density at radius 1 is 0.450 bits per heavy atom. The highest BCUT2D eigenvalue weighted by Crippen LogP contribution is 2.29. The number of hydrazone groups is 1. The molecule has 0 amide bonds. The lowest BCUT2D eigenvalue weighted by Crippen LogP contribution is -2.22. The van der Waals surface area contributed by atoms with E-state index in [-0.39, 0.29) is 0 Å². The Hall–Kier alpha value is -5.15. The van der Waals surface area contributed by atoms with Crippen molar-refractivity contribution in [2.75, 3.05) is 9.91 Å². The van der Waals surface area contributed by atoms with Gasteiger partial charge in [-0.2, -0.15) is 5.10 Å². The number of rotatable bonds is 9. The maximum atomic E-state index is 4.95. The molecule has 6 aromatic rings. The minimum atomic E-state index is 0.840. The molecule has 0 aliphatic heterocycles. The van der Waals surface area contributed by atoms with Gasteiger partial charge in [-0.25, -0.2) is 5.01 Å². The van der Waals surface area contributed by atoms with E-state index in [0.717, 1.165) is 30.0 Å². The zero-order chi connectivity index (χ0) is 27.0. The predicted octanol–water partition coefficient (Wildman–Crippen LogP) is 9.22. The minimum absolute atomic E-state index is 0.840. The third-order valence-corrected chi connectivity index (χ3v) is 6.99. The third kappa shape index (κ3) is 6.11. The van der Waals surface area contributed by atoms with E-state index in [9.17, 15) is 0 Å². The van der Waals surface area contributed by atoms with E-state index >= 15 is 0 Å². The monoisotopic (exact) mass is 517 g/mol. The number of para-hydroxylation sites is 1. The van der Waals surface area contributed by atoms with Crippen molar-refractivity contribution in [3.05, 3.63) is 174 Å². The first kappa shape index (κ1) is 25.1. The summed E-state index contributed by atoms with van der Waals surface area (Å²) in [4.78, 5) is 2.41. The zero-order valence-electron chi connectivity index (χ0n) is 22.3. The van der Waals surface area contributed by atoms with Crippen LogP contribution in [0.25, 0.3) is 10.8 Å². The molecule has 0 fully saturated rings. The van der Waals surface area contributed by atoms with E-state index in [4.69, 9.17) is 5.10 Å². The fraction of sp³-hybridized carbons (Fsp3) is 0.0541. The van der Waals surface area contributed by atoms with Crippen molar-refractivity contribution in [3.8, 4) is 0 Å². The van der Waals surface area contributed by atoms with Crippen LogP contribution in [-0.2, 0) is 13.1 Å². The van der Waals surface area contributed by atoms with Crippen molar-refractivity contribution >= 4 is 34.0 Å². The topological polar surface area (TPSA) is 18.8 Å². The van der Waals surface area contributed by atoms with Gasteiger partial charge < -0.3 is 4.90 Å². The summed E-state index contributed by atoms with van der Waals surface area (Å²) >= 11 is 0. The predicted molar refractivity (Wildman–Crippen MR) is 169 cm³/mol. The number of benzene rings is 6. The van der Waals surface area contributed by atoms with Crippen LogP contribution < -0.4 is 9.91 Å². The summed E-state index contributed by atoms with van der Waals surface area (Å²) in [5, 5.41) is 9.35. The molecule has 194 valence electrons. The second-order valence-corrected chi connectivity index (χ2v) is 9.84. The van der Waals surface area contributed by atoms with Crippen LogP contribution in [0, 0.1) is 0 Å². The molecular weight excluding hydrogens is 486 g/mol. The van der Waals surface area contributed by atoms with Crippen LogP contribution in [-0.4, -0.2) is 6.21 Å². The first-order valence-electron chi connectivity index (χ1n) is 13.6. The molecule has 0 heterocycles. The molecule has 6 aromatic carbocycles. The molecular formula is C37H31N3. The van der Waals surface area contributed by atoms with Crippen LogP contribution in [0.15, 0.2) is 163 Å². The lowest BCUT2D eigenvalue weighted by molar-refractivity contribution is 0.800. The molecule has 0 radical (unpaired) electrons. The molecule has 6 rings (SSSR count). The number of nitrogens with zero attached hydrogens (tertiary/aromatic N) is 3. The minimum Gasteiger partial charge on any atom is -0.363 e. The normalized spacial score (nSPS) is 11.1. The molecule has 0 atom stereocenters. The highest BCUT2D eigenvalue weighted by molar-refractivity contribution is 5.88. The summed E-state index contributed by atoms with van der Waals surface area (Å²) < 4.78 is 0. The molecule has 0 unspecified atom stereocenters. The Morgan fingerprint density at radius 2 is 0.975 bits per heavy atom. The van der Waals surface area contributed by atoms with Gasteiger partial charge in [0.25, 0.3) is 0 Å². The molecule has 0 bridgehead atoms. The molecule has 0 aromatic heterocycles. The average Bonchev–Trinajstić information content (AvgIpc) is 3.03. The second kappa shape index (κ2) is 12.1. The largest absolute Gasteiger partial charge is 0.363 e. The smallest absolute Gasteiger partial charge is 0.0659 e. The number of hydrogen-bond donors (Lipinski definition) is 0. The lowest BCUT2D eigenvalue weighted by Gasteiger charge is -2.25. The summed E-state index contributed by atoms with van der Waals surface area (Å²) in [6.45, 7) is 1.68. The van der Waals surface area contributed by atoms with E-state index in [2.05, 4.69) is 144 Å². The molecule has 40 heavy (non-hydrogen) atoms. The number of hydrogen-bond acceptors (Lipinski definition) is 3. The van der Waals surface area contributed by atoms with Gasteiger partial charge in [-0.15, -0.1) is 0 Å². The second-order valence-electron chi connectivity index (χ2n) is 9.84. The third-order valence-electron chi connectivity index (χ3n) is 6.99. The van der Waals surface area contributed by atoms with Gasteiger partial charge in [-0.05, 0) is 63.9 Å². The molecule has 0 aliphatic carbocycles. The fourth-order valence-electron chi connectivity index (χ4n) is 4.90. The Labute approximate surface area is 236 Å². The van der Waals surface area contributed by atoms with Crippen LogP contribution in [0.5, 0.6) is 0 Å². The highest BCUT2D eigenvalue weighted by Gasteiger charge is 2.10. The van der Waals surface area contributed by atoms with Gasteiger partial charge in [0.05, 0.1) is 17.6 Å². The Bertz CT molecular complexity index is 1640. The first-order chi connectivity index (χ1) is 19.8. The SMILES string of the molecule is C(=NN(c1ccccc1)c1ccc2ccccc2c1)c1ccc(N(Cc2ccccc2)Cc2ccccc2)cc1. The van der Waals surface area contributed by atoms with Gasteiger partial charge in [-0.3, -0.25) is 0 Å². The molecule has 0 N–H and O–H groups in total. The average molecular weight is 518 g/mol. The molecule has 3 nitrogen and oxygen atoms in total. The maximum Gasteiger partial charge on any atom is 0.0659 e. The fourth-order valence-corrected chi connectivity index (χ4v) is 4.90. The van der Waals surface area contributed by atoms with Crippen molar-refractivity contribution in [2.24, 2.45) is 5.10 Å². The summed E-state index contributed by atoms with van der Waals surface area (Å²) in [6, 6.07) is 55.1. The van der Waals surface area contributed by atoms with E-state index in [1.165, 1.54) is 27.6 Å². The van der Waals surface area contributed by atoms with Crippen LogP contribution >= 0.6 is 0 Å². The quantitative estimate of drug-likeness (QED) is 0.141. The van der Waals surface area contributed by atoms with Crippen molar-refractivity contribution in [1.29, 1.82) is 0 Å². The van der Waals surface area contributed by atoms with Gasteiger partial charge in [0.2, 0.25) is 0 Å². The first-order valence-corrected chi connectivity index (χ1v) is 13.6. The van der Waals surface area contributed by atoms with Gasteiger partial charge in [0, 0.05) is 18.8 Å². The molecule has 0 saturated heterocycles. The van der Waals surface area contributed by atoms with E-state index in [1.807, 2.05) is 29.4 Å². The van der Waals surface area contributed by atoms with Crippen LogP contribution in [0.3, 0.4) is 0 Å². The Balaban J connectivity index is 1.27. The van der Waals surface area contributed by atoms with Gasteiger partial charge in [-0.1, -0.05) is 121 Å². The summed E-state index contributed by atoms with van der Waals surface area (Å²) in [6.07, 6.45) is 1.94. The molecule has 0 saturated carbocycles. The maximum absolute atomic E-state index is 4.95. The number of fused-ring (bicyclic) bond motifs is 1. The van der Waals surface area contributed by atoms with Gasteiger partial charge >= 0.3 is 0 Å². The van der Waals surface area contributed by atoms with Gasteiger partial charge in [0.15, 0.2) is 0 Å². The Kier molecular flexibility index (Phi) is 7.63. The molecule has 0 aliphatic rings. The molecule has 0 spiro atoms. The number of anilines is 3. The molecule has 3 heteroatoms. The van der Waals surface area contributed by atoms with Crippen molar-refractivity contribution in [1.82, 2.24) is 0 Å². The Morgan fingerprint density at radius 3 is 1.60 bits per heavy atom. The van der Waals surface area contributed by atoms with E-state index < -0.39 is 0 Å². The summed E-state index contributed by atoms with van der Waals surface area (Å²) in [5.41, 5.74) is 6.84. The van der Waals surface area contributed by atoms with Crippen molar-refractivity contribution in [2.45, 2.75) is 13.1 Å². The highest BCUT2D eigenvalue weighted by atomic mass is 15.5. The van der Waals surface area contributed by atoms with E-state index in [1.54, 1.807) is 0 Å². The zero-order valence-corrected chi connectivity index (χ0v) is 22.3. The lowest BCUT2D eigenvalue weighted by atomic mass is 10.1. The standard InChI is InChI=1S/C37H31N3/c1-4-12-31(13-5-1)28-39(29-32-14-6-2-7-15-32)35-23-20-30(21-24-35)27-38-40(36-18-8-3-9-19-36)37-25-22-33-16-10-11-17-34(33)26-37/h1-27H,28-29H2. The van der Waals surface area contributed by atoms with Crippen molar-refractivity contribution < 1.29 is 0 Å². The van der Waals surface area contributed by atoms with Crippen LogP contribution in [0.1, 0.15) is 16.7 Å². The van der Waals surface area contributed by atoms with Crippen molar-refractivity contribution in [3.63, 3.8) is 0 Å². The summed E-state index contributed by atoms with van der Waals surface area (Å²) in [7, 11) is 0.